The summed E-state index contributed by atoms with van der Waals surface area (Å²) in [6, 6.07) is -0.186. The van der Waals surface area contributed by atoms with Gasteiger partial charge in [-0.15, -0.1) is 0 Å². The summed E-state index contributed by atoms with van der Waals surface area (Å²) in [5.74, 6) is -0.172. The van der Waals surface area contributed by atoms with Crippen molar-refractivity contribution < 1.29 is 9.53 Å². The summed E-state index contributed by atoms with van der Waals surface area (Å²) in [6.45, 7) is 5.09. The Labute approximate surface area is 92.6 Å². The van der Waals surface area contributed by atoms with Crippen LogP contribution in [-0.2, 0) is 9.53 Å². The van der Waals surface area contributed by atoms with Gasteiger partial charge in [-0.2, -0.15) is 0 Å². The van der Waals surface area contributed by atoms with Gasteiger partial charge in [0.25, 0.3) is 0 Å². The van der Waals surface area contributed by atoms with E-state index in [1.165, 1.54) is 39.2 Å². The molecule has 0 saturated heterocycles. The van der Waals surface area contributed by atoms with E-state index in [1.54, 1.807) is 0 Å². The molecule has 0 aromatic heterocycles. The molecule has 0 spiro atoms. The fourth-order valence-corrected chi connectivity index (χ4v) is 2.24. The monoisotopic (exact) mass is 213 g/mol. The molecule has 0 bridgehead atoms. The predicted octanol–water partition coefficient (Wildman–Crippen LogP) is 2.11. The quantitative estimate of drug-likeness (QED) is 0.727. The zero-order chi connectivity index (χ0) is 11.3. The van der Waals surface area contributed by atoms with E-state index >= 15 is 0 Å². The van der Waals surface area contributed by atoms with Gasteiger partial charge in [0.05, 0.1) is 7.11 Å². The number of carbonyl (C=O) groups is 1. The number of rotatable bonds is 4. The lowest BCUT2D eigenvalue weighted by atomic mass is 9.75. The third-order valence-electron chi connectivity index (χ3n) is 3.45. The average molecular weight is 213 g/mol. The van der Waals surface area contributed by atoms with E-state index in [0.717, 1.165) is 6.54 Å². The van der Waals surface area contributed by atoms with Crippen LogP contribution in [0.4, 0.5) is 0 Å². The summed E-state index contributed by atoms with van der Waals surface area (Å²) in [4.78, 5) is 11.2. The molecule has 0 aromatic rings. The highest BCUT2D eigenvalue weighted by Gasteiger charge is 2.27. The van der Waals surface area contributed by atoms with Crippen LogP contribution in [0.25, 0.3) is 0 Å². The Hall–Kier alpha value is -0.570. The van der Waals surface area contributed by atoms with Crippen molar-refractivity contribution in [2.75, 3.05) is 13.7 Å². The van der Waals surface area contributed by atoms with Crippen LogP contribution in [0.15, 0.2) is 0 Å². The Kier molecular flexibility index (Phi) is 4.58. The van der Waals surface area contributed by atoms with Crippen LogP contribution in [0.2, 0.25) is 0 Å². The SMILES string of the molecule is COC(=O)C(C)NCC1(C)CCCCC1. The van der Waals surface area contributed by atoms with Crippen LogP contribution in [0, 0.1) is 5.41 Å². The first-order valence-corrected chi connectivity index (χ1v) is 5.89. The normalized spacial score (nSPS) is 22.1. The van der Waals surface area contributed by atoms with E-state index in [2.05, 4.69) is 17.0 Å². The Balaban J connectivity index is 2.31. The lowest BCUT2D eigenvalue weighted by Gasteiger charge is -2.34. The molecule has 3 heteroatoms. The van der Waals surface area contributed by atoms with Crippen molar-refractivity contribution in [2.45, 2.75) is 52.0 Å². The van der Waals surface area contributed by atoms with Gasteiger partial charge in [-0.1, -0.05) is 26.2 Å². The lowest BCUT2D eigenvalue weighted by Crippen LogP contribution is -2.42. The summed E-state index contributed by atoms with van der Waals surface area (Å²) in [5.41, 5.74) is 0.376. The van der Waals surface area contributed by atoms with Crippen molar-refractivity contribution >= 4 is 5.97 Å². The molecule has 15 heavy (non-hydrogen) atoms. The summed E-state index contributed by atoms with van der Waals surface area (Å²) in [7, 11) is 1.43. The van der Waals surface area contributed by atoms with Crippen LogP contribution >= 0.6 is 0 Å². The first-order valence-electron chi connectivity index (χ1n) is 5.89. The maximum absolute atomic E-state index is 11.2. The average Bonchev–Trinajstić information content (AvgIpc) is 2.26. The second-order valence-electron chi connectivity index (χ2n) is 5.00. The van der Waals surface area contributed by atoms with E-state index in [4.69, 9.17) is 0 Å². The molecular formula is C12H23NO2. The Morgan fingerprint density at radius 2 is 2.00 bits per heavy atom. The molecule has 0 amide bonds. The molecule has 1 aliphatic carbocycles. The number of nitrogens with one attached hydrogen (secondary N) is 1. The smallest absolute Gasteiger partial charge is 0.322 e. The fourth-order valence-electron chi connectivity index (χ4n) is 2.24. The summed E-state index contributed by atoms with van der Waals surface area (Å²) >= 11 is 0. The van der Waals surface area contributed by atoms with Gasteiger partial charge in [-0.05, 0) is 25.2 Å². The lowest BCUT2D eigenvalue weighted by molar-refractivity contribution is -0.142. The van der Waals surface area contributed by atoms with Crippen molar-refractivity contribution in [1.29, 1.82) is 0 Å². The maximum atomic E-state index is 11.2. The van der Waals surface area contributed by atoms with Crippen molar-refractivity contribution in [3.8, 4) is 0 Å². The van der Waals surface area contributed by atoms with Crippen LogP contribution in [0.3, 0.4) is 0 Å². The van der Waals surface area contributed by atoms with Crippen LogP contribution < -0.4 is 5.32 Å². The van der Waals surface area contributed by atoms with Crippen LogP contribution in [-0.4, -0.2) is 25.7 Å². The van der Waals surface area contributed by atoms with Gasteiger partial charge >= 0.3 is 5.97 Å². The topological polar surface area (TPSA) is 38.3 Å². The highest BCUT2D eigenvalue weighted by atomic mass is 16.5. The fraction of sp³-hybridized carbons (Fsp3) is 0.917. The second-order valence-corrected chi connectivity index (χ2v) is 5.00. The summed E-state index contributed by atoms with van der Waals surface area (Å²) in [6.07, 6.45) is 6.56. The number of carbonyl (C=O) groups excluding carboxylic acids is 1. The molecular weight excluding hydrogens is 190 g/mol. The van der Waals surface area contributed by atoms with Crippen LogP contribution in [0.1, 0.15) is 46.0 Å². The molecule has 1 N–H and O–H groups in total. The van der Waals surface area contributed by atoms with Gasteiger partial charge in [0, 0.05) is 6.54 Å². The number of methoxy groups -OCH3 is 1. The minimum absolute atomic E-state index is 0.172. The van der Waals surface area contributed by atoms with Gasteiger partial charge in [0.1, 0.15) is 6.04 Å². The molecule has 0 aromatic carbocycles. The zero-order valence-corrected chi connectivity index (χ0v) is 10.1. The highest BCUT2D eigenvalue weighted by molar-refractivity contribution is 5.75. The number of hydrogen-bond acceptors (Lipinski definition) is 3. The molecule has 3 nitrogen and oxygen atoms in total. The molecule has 1 unspecified atom stereocenters. The number of esters is 1. The maximum Gasteiger partial charge on any atom is 0.322 e. The first kappa shape index (κ1) is 12.5. The molecule has 0 radical (unpaired) electrons. The van der Waals surface area contributed by atoms with Crippen LogP contribution in [0.5, 0.6) is 0 Å². The predicted molar refractivity (Wildman–Crippen MR) is 60.7 cm³/mol. The Morgan fingerprint density at radius 1 is 1.40 bits per heavy atom. The van der Waals surface area contributed by atoms with Gasteiger partial charge in [0.2, 0.25) is 0 Å². The standard InChI is InChI=1S/C12H23NO2/c1-10(11(14)15-3)13-9-12(2)7-5-4-6-8-12/h10,13H,4-9H2,1-3H3. The van der Waals surface area contributed by atoms with E-state index in [0.29, 0.717) is 5.41 Å². The third-order valence-corrected chi connectivity index (χ3v) is 3.45. The van der Waals surface area contributed by atoms with Crippen molar-refractivity contribution in [3.63, 3.8) is 0 Å². The van der Waals surface area contributed by atoms with E-state index in [1.807, 2.05) is 6.92 Å². The third kappa shape index (κ3) is 3.82. The van der Waals surface area contributed by atoms with Crippen molar-refractivity contribution in [1.82, 2.24) is 5.32 Å². The van der Waals surface area contributed by atoms with Crippen molar-refractivity contribution in [2.24, 2.45) is 5.41 Å². The zero-order valence-electron chi connectivity index (χ0n) is 10.1. The highest BCUT2D eigenvalue weighted by Crippen LogP contribution is 2.34. The minimum atomic E-state index is -0.186. The molecule has 1 fully saturated rings. The molecule has 1 atom stereocenters. The van der Waals surface area contributed by atoms with Gasteiger partial charge in [0.15, 0.2) is 0 Å². The Bertz CT molecular complexity index is 210. The number of ether oxygens (including phenoxy) is 1. The number of hydrogen-bond donors (Lipinski definition) is 1. The van der Waals surface area contributed by atoms with E-state index in [9.17, 15) is 4.79 Å². The van der Waals surface area contributed by atoms with Gasteiger partial charge in [-0.3, -0.25) is 4.79 Å². The molecule has 0 aliphatic heterocycles. The minimum Gasteiger partial charge on any atom is -0.468 e. The van der Waals surface area contributed by atoms with Gasteiger partial charge < -0.3 is 10.1 Å². The molecule has 88 valence electrons. The largest absolute Gasteiger partial charge is 0.468 e. The molecule has 1 saturated carbocycles. The van der Waals surface area contributed by atoms with E-state index in [-0.39, 0.29) is 12.0 Å². The second kappa shape index (κ2) is 5.50. The summed E-state index contributed by atoms with van der Waals surface area (Å²) in [5, 5.41) is 3.27. The Morgan fingerprint density at radius 3 is 2.53 bits per heavy atom. The van der Waals surface area contributed by atoms with E-state index < -0.39 is 0 Å². The van der Waals surface area contributed by atoms with Gasteiger partial charge in [-0.25, -0.2) is 0 Å². The van der Waals surface area contributed by atoms with Crippen molar-refractivity contribution in [3.05, 3.63) is 0 Å². The molecule has 1 aliphatic rings. The molecule has 0 heterocycles. The summed E-state index contributed by atoms with van der Waals surface area (Å²) < 4.78 is 4.68. The molecule has 1 rings (SSSR count). The first-order chi connectivity index (χ1) is 7.07.